The highest BCUT2D eigenvalue weighted by Crippen LogP contribution is 2.46. The summed E-state index contributed by atoms with van der Waals surface area (Å²) in [5.74, 6) is -5.94. The average Bonchev–Trinajstić information content (AvgIpc) is 1.82. The third-order valence-electron chi connectivity index (χ3n) is 0.940. The van der Waals surface area contributed by atoms with Crippen LogP contribution in [0.2, 0.25) is 0 Å². The van der Waals surface area contributed by atoms with E-state index in [9.17, 15) is 35.5 Å². The zero-order valence-electron chi connectivity index (χ0n) is 5.54. The molecule has 0 unspecified atom stereocenters. The van der Waals surface area contributed by atoms with Crippen LogP contribution in [0.1, 0.15) is 0 Å². The fourth-order valence-corrected chi connectivity index (χ4v) is 0.361. The quantitative estimate of drug-likeness (QED) is 0.518. The van der Waals surface area contributed by atoms with E-state index >= 15 is 0 Å². The van der Waals surface area contributed by atoms with Crippen molar-refractivity contribution in [1.29, 1.82) is 0 Å². The monoisotopic (exact) mass is 214 g/mol. The van der Waals surface area contributed by atoms with Crippen LogP contribution in [0.25, 0.3) is 0 Å². The Labute approximate surface area is 66.3 Å². The van der Waals surface area contributed by atoms with Gasteiger partial charge in [-0.05, 0) is 0 Å². The highest BCUT2D eigenvalue weighted by Gasteiger charge is 2.76. The number of hydrogen-bond acceptors (Lipinski definition) is 2. The van der Waals surface area contributed by atoms with Gasteiger partial charge in [0.1, 0.15) is 0 Å². The predicted molar refractivity (Wildman–Crippen MR) is 23.1 cm³/mol. The molecule has 0 aliphatic rings. The van der Waals surface area contributed by atoms with Crippen molar-refractivity contribution in [1.82, 2.24) is 0 Å². The summed E-state index contributed by atoms with van der Waals surface area (Å²) in [5, 5.41) is 0. The number of carbonyl (C=O) groups excluding carboxylic acids is 1. The predicted octanol–water partition coefficient (Wildman–Crippen LogP) is 1.95. The van der Waals surface area contributed by atoms with Crippen LogP contribution in [-0.4, -0.2) is 24.7 Å². The van der Waals surface area contributed by atoms with E-state index in [1.165, 1.54) is 0 Å². The molecule has 0 N–H and O–H groups in total. The molecule has 2 nitrogen and oxygen atoms in total. The third kappa shape index (κ3) is 2.01. The lowest BCUT2D eigenvalue weighted by Gasteiger charge is -2.27. The summed E-state index contributed by atoms with van der Waals surface area (Å²) in [7, 11) is 0. The molecule has 0 fully saturated rings. The average molecular weight is 214 g/mol. The normalized spacial score (nSPS) is 14.1. The van der Waals surface area contributed by atoms with Crippen molar-refractivity contribution in [2.75, 3.05) is 0 Å². The van der Waals surface area contributed by atoms with Crippen molar-refractivity contribution < 1.29 is 40.3 Å². The first-order chi connectivity index (χ1) is 5.56. The van der Waals surface area contributed by atoms with Crippen molar-refractivity contribution in [3.63, 3.8) is 0 Å². The van der Waals surface area contributed by atoms with Crippen LogP contribution in [0.3, 0.4) is 0 Å². The Balaban J connectivity index is 5.07. The van der Waals surface area contributed by atoms with E-state index in [2.05, 4.69) is 4.74 Å². The molecule has 0 spiro atoms. The van der Waals surface area contributed by atoms with Crippen molar-refractivity contribution in [3.8, 4) is 0 Å². The maximum absolute atomic E-state index is 12.1. The second-order valence-corrected chi connectivity index (χ2v) is 1.80. The van der Waals surface area contributed by atoms with Gasteiger partial charge in [-0.15, -0.1) is 0 Å². The van der Waals surface area contributed by atoms with Gasteiger partial charge in [0.05, 0.1) is 0 Å². The molecule has 0 heterocycles. The van der Waals surface area contributed by atoms with Gasteiger partial charge in [0.15, 0.2) is 0 Å². The Kier molecular flexibility index (Phi) is 2.80. The van der Waals surface area contributed by atoms with Crippen molar-refractivity contribution in [2.24, 2.45) is 0 Å². The second-order valence-electron chi connectivity index (χ2n) is 1.80. The minimum atomic E-state index is -6.36. The van der Waals surface area contributed by atoms with Gasteiger partial charge < -0.3 is 4.74 Å². The molecule has 78 valence electrons. The third-order valence-corrected chi connectivity index (χ3v) is 0.940. The molecule has 0 aromatic carbocycles. The number of hydrogen-bond donors (Lipinski definition) is 0. The molecule has 0 saturated heterocycles. The zero-order valence-corrected chi connectivity index (χ0v) is 5.54. The van der Waals surface area contributed by atoms with Gasteiger partial charge in [0, 0.05) is 0 Å². The summed E-state index contributed by atoms with van der Waals surface area (Å²) in [6.45, 7) is -1.26. The minimum Gasteiger partial charge on any atom is -0.415 e. The van der Waals surface area contributed by atoms with E-state index in [-0.39, 0.29) is 0 Å². The lowest BCUT2D eigenvalue weighted by atomic mass is 10.3. The fourth-order valence-electron chi connectivity index (χ4n) is 0.361. The Morgan fingerprint density at radius 1 is 0.846 bits per heavy atom. The maximum atomic E-state index is 12.1. The van der Waals surface area contributed by atoms with E-state index in [0.717, 1.165) is 0 Å². The Hall–Kier alpha value is -1.02. The zero-order chi connectivity index (χ0) is 10.9. The van der Waals surface area contributed by atoms with Crippen LogP contribution in [0.15, 0.2) is 0 Å². The van der Waals surface area contributed by atoms with Crippen LogP contribution in [0.4, 0.5) is 30.7 Å². The molecule has 0 aliphatic heterocycles. The number of alkyl halides is 7. The van der Waals surface area contributed by atoms with Crippen LogP contribution < -0.4 is 0 Å². The highest BCUT2D eigenvalue weighted by molar-refractivity contribution is 5.38. The van der Waals surface area contributed by atoms with Gasteiger partial charge in [-0.2, -0.15) is 30.7 Å². The molecule has 0 amide bonds. The standard InChI is InChI=1S/C4HF7O2/c5-2(13-1-12,3(6,7)8)4(9,10)11/h1H. The number of ether oxygens (including phenoxy) is 1. The molecule has 9 heteroatoms. The Morgan fingerprint density at radius 3 is 1.23 bits per heavy atom. The Morgan fingerprint density at radius 2 is 1.15 bits per heavy atom. The van der Waals surface area contributed by atoms with Crippen LogP contribution in [0, 0.1) is 0 Å². The first-order valence-electron chi connectivity index (χ1n) is 2.50. The molecule has 13 heavy (non-hydrogen) atoms. The molecular weight excluding hydrogens is 213 g/mol. The smallest absolute Gasteiger partial charge is 0.415 e. The second kappa shape index (κ2) is 3.04. The molecule has 0 aromatic heterocycles. The summed E-state index contributed by atoms with van der Waals surface area (Å²) < 4.78 is 82.9. The van der Waals surface area contributed by atoms with Crippen molar-refractivity contribution in [2.45, 2.75) is 18.2 Å². The van der Waals surface area contributed by atoms with Crippen LogP contribution in [0.5, 0.6) is 0 Å². The molecular formula is C4HF7O2. The SMILES string of the molecule is O=COC(F)(C(F)(F)F)C(F)(F)F. The van der Waals surface area contributed by atoms with Crippen LogP contribution >= 0.6 is 0 Å². The first kappa shape index (κ1) is 12.0. The topological polar surface area (TPSA) is 26.3 Å². The molecule has 0 aliphatic carbocycles. The minimum absolute atomic E-state index is 1.26. The number of carbonyl (C=O) groups is 1. The molecule has 0 bridgehead atoms. The lowest BCUT2D eigenvalue weighted by molar-refractivity contribution is -0.414. The lowest BCUT2D eigenvalue weighted by Crippen LogP contribution is -2.55. The Bertz CT molecular complexity index is 178. The van der Waals surface area contributed by atoms with E-state index in [1.807, 2.05) is 0 Å². The number of rotatable bonds is 2. The van der Waals surface area contributed by atoms with Gasteiger partial charge in [0.25, 0.3) is 6.47 Å². The van der Waals surface area contributed by atoms with E-state index in [1.54, 1.807) is 0 Å². The molecule has 0 saturated carbocycles. The van der Waals surface area contributed by atoms with Gasteiger partial charge in [-0.1, -0.05) is 0 Å². The molecule has 0 radical (unpaired) electrons. The summed E-state index contributed by atoms with van der Waals surface area (Å²) in [6.07, 6.45) is -12.7. The molecule has 0 rings (SSSR count). The number of halogens is 7. The van der Waals surface area contributed by atoms with Gasteiger partial charge in [-0.25, -0.2) is 0 Å². The largest absolute Gasteiger partial charge is 0.470 e. The van der Waals surface area contributed by atoms with Gasteiger partial charge in [0.2, 0.25) is 0 Å². The van der Waals surface area contributed by atoms with Crippen LogP contribution in [-0.2, 0) is 9.53 Å². The summed E-state index contributed by atoms with van der Waals surface area (Å²) >= 11 is 0. The summed E-state index contributed by atoms with van der Waals surface area (Å²) in [5.41, 5.74) is 0. The fraction of sp³-hybridized carbons (Fsp3) is 0.750. The van der Waals surface area contributed by atoms with Gasteiger partial charge >= 0.3 is 18.2 Å². The maximum Gasteiger partial charge on any atom is 0.470 e. The van der Waals surface area contributed by atoms with Crippen molar-refractivity contribution in [3.05, 3.63) is 0 Å². The summed E-state index contributed by atoms with van der Waals surface area (Å²) in [6, 6.07) is 0. The van der Waals surface area contributed by atoms with E-state index < -0.39 is 24.7 Å². The summed E-state index contributed by atoms with van der Waals surface area (Å²) in [4.78, 5) is 9.25. The molecule has 0 atom stereocenters. The highest BCUT2D eigenvalue weighted by atomic mass is 19.4. The van der Waals surface area contributed by atoms with E-state index in [0.29, 0.717) is 0 Å². The van der Waals surface area contributed by atoms with Crippen molar-refractivity contribution >= 4 is 6.47 Å². The first-order valence-corrected chi connectivity index (χ1v) is 2.50. The van der Waals surface area contributed by atoms with Gasteiger partial charge in [-0.3, -0.25) is 4.79 Å². The molecule has 0 aromatic rings. The van der Waals surface area contributed by atoms with E-state index in [4.69, 9.17) is 0 Å².